The number of hydrogen-bond acceptors (Lipinski definition) is 0. The number of unbranched alkanes of at least 4 members (excludes halogenated alkanes) is 3. The maximum absolute atomic E-state index is 4.25. The van der Waals surface area contributed by atoms with Crippen LogP contribution in [0.25, 0.3) is 0 Å². The van der Waals surface area contributed by atoms with Gasteiger partial charge in [0, 0.05) is 17.1 Å². The fourth-order valence-electron chi connectivity index (χ4n) is 0. The summed E-state index contributed by atoms with van der Waals surface area (Å²) in [5.41, 5.74) is 0. The Balaban J connectivity index is -0.0000000298. The maximum Gasteiger partial charge on any atom is 0 e. The molecule has 1 heteroatoms. The van der Waals surface area contributed by atoms with Crippen LogP contribution in [0.1, 0.15) is 59.3 Å². The minimum absolute atomic E-state index is 0. The smallest absolute Gasteiger partial charge is 0 e. The molecule has 0 unspecified atom stereocenters. The average Bonchev–Trinajstić information content (AvgIpc) is 2.31. The first kappa shape index (κ1) is 29.5. The van der Waals surface area contributed by atoms with E-state index in [1.54, 1.807) is 0 Å². The minimum atomic E-state index is 0. The molecule has 0 fully saturated rings. The molecule has 0 spiro atoms. The van der Waals surface area contributed by atoms with Gasteiger partial charge in [-0.25, -0.2) is 0 Å². The minimum Gasteiger partial charge on any atom is -0.521 e. The van der Waals surface area contributed by atoms with Gasteiger partial charge in [0.2, 0.25) is 0 Å². The van der Waals surface area contributed by atoms with Crippen molar-refractivity contribution in [3.63, 3.8) is 0 Å². The van der Waals surface area contributed by atoms with E-state index in [-0.39, 0.29) is 17.1 Å². The molecular formula is C14H30Cu-4. The zero-order valence-corrected chi connectivity index (χ0v) is 11.9. The van der Waals surface area contributed by atoms with Crippen molar-refractivity contribution in [2.24, 2.45) is 0 Å². The molecule has 0 amide bonds. The van der Waals surface area contributed by atoms with Gasteiger partial charge >= 0.3 is 0 Å². The molecule has 15 heavy (non-hydrogen) atoms. The van der Waals surface area contributed by atoms with Crippen LogP contribution in [0.2, 0.25) is 0 Å². The van der Waals surface area contributed by atoms with Crippen LogP contribution in [-0.2, 0) is 17.1 Å². The van der Waals surface area contributed by atoms with Crippen molar-refractivity contribution >= 4 is 0 Å². The van der Waals surface area contributed by atoms with Crippen LogP contribution in [0, 0.1) is 27.4 Å². The molecular weight excluding hydrogens is 232 g/mol. The van der Waals surface area contributed by atoms with E-state index in [1.807, 2.05) is 0 Å². The van der Waals surface area contributed by atoms with Crippen molar-refractivity contribution in [2.75, 3.05) is 0 Å². The Labute approximate surface area is 110 Å². The summed E-state index contributed by atoms with van der Waals surface area (Å²) in [5.74, 6) is 0. The normalized spacial score (nSPS) is 6.27. The summed E-state index contributed by atoms with van der Waals surface area (Å²) in [5, 5.41) is 0. The van der Waals surface area contributed by atoms with Crippen molar-refractivity contribution < 1.29 is 17.1 Å². The van der Waals surface area contributed by atoms with Gasteiger partial charge in [-0.15, -0.1) is 0 Å². The van der Waals surface area contributed by atoms with Gasteiger partial charge in [0.25, 0.3) is 0 Å². The molecule has 0 rings (SSSR count). The molecule has 0 aliphatic rings. The topological polar surface area (TPSA) is 0 Å². The van der Waals surface area contributed by atoms with E-state index in [0.717, 1.165) is 19.3 Å². The fourth-order valence-corrected chi connectivity index (χ4v) is 0. The van der Waals surface area contributed by atoms with Crippen LogP contribution >= 0.6 is 0 Å². The first-order chi connectivity index (χ1) is 6.74. The summed E-state index contributed by atoms with van der Waals surface area (Å²) in [6.45, 7) is 24.2. The Kier molecular flexibility index (Phi) is 126. The first-order valence-corrected chi connectivity index (χ1v) is 5.53. The first-order valence-electron chi connectivity index (χ1n) is 5.53. The van der Waals surface area contributed by atoms with E-state index in [4.69, 9.17) is 0 Å². The third kappa shape index (κ3) is 202. The van der Waals surface area contributed by atoms with Crippen LogP contribution in [-0.4, -0.2) is 0 Å². The monoisotopic (exact) mass is 261 g/mol. The summed E-state index contributed by atoms with van der Waals surface area (Å²) in [6.07, 6.45) is 6.83. The van der Waals surface area contributed by atoms with Crippen molar-refractivity contribution in [2.45, 2.75) is 59.3 Å². The second-order valence-electron chi connectivity index (χ2n) is 2.56. The summed E-state index contributed by atoms with van der Waals surface area (Å²) >= 11 is 0. The Bertz CT molecular complexity index is 29.1. The standard InChI is InChI=1S/3C4H9.C2H3.Cu/c3*1-3-4-2;1-2;/h3*1,3-4H2,2H3;1H,2H2;/q4*-1;. The predicted octanol–water partition coefficient (Wildman–Crippen LogP) is 5.46. The van der Waals surface area contributed by atoms with Gasteiger partial charge < -0.3 is 27.4 Å². The van der Waals surface area contributed by atoms with Crippen molar-refractivity contribution in [1.82, 2.24) is 0 Å². The van der Waals surface area contributed by atoms with Crippen LogP contribution in [0.3, 0.4) is 0 Å². The summed E-state index contributed by atoms with van der Waals surface area (Å²) in [4.78, 5) is 0. The number of hydrogen-bond donors (Lipinski definition) is 0. The quantitative estimate of drug-likeness (QED) is 0.467. The Hall–Kier alpha value is 0.259. The van der Waals surface area contributed by atoms with Crippen molar-refractivity contribution in [3.8, 4) is 0 Å². The van der Waals surface area contributed by atoms with Crippen molar-refractivity contribution in [1.29, 1.82) is 0 Å². The molecule has 0 saturated carbocycles. The van der Waals surface area contributed by atoms with Gasteiger partial charge in [-0.3, -0.25) is 6.58 Å². The van der Waals surface area contributed by atoms with Crippen molar-refractivity contribution in [3.05, 3.63) is 33.9 Å². The molecule has 0 nitrogen and oxygen atoms in total. The fraction of sp³-hybridized carbons (Fsp3) is 0.643. The second kappa shape index (κ2) is 64.0. The predicted molar refractivity (Wildman–Crippen MR) is 70.7 cm³/mol. The zero-order chi connectivity index (χ0) is 12.2. The SMILES string of the molecule is [CH-]=C.[CH2-]CCC.[CH2-]CCC.[CH2-]CCC.[Cu]. The van der Waals surface area contributed by atoms with Crippen LogP contribution in [0.15, 0.2) is 6.58 Å². The maximum atomic E-state index is 4.25. The average molecular weight is 262 g/mol. The molecule has 0 aromatic carbocycles. The Morgan fingerprint density at radius 3 is 0.800 bits per heavy atom. The molecule has 0 aliphatic carbocycles. The van der Waals surface area contributed by atoms with E-state index in [2.05, 4.69) is 54.7 Å². The summed E-state index contributed by atoms with van der Waals surface area (Å²) in [7, 11) is 0. The molecule has 0 atom stereocenters. The molecule has 0 saturated heterocycles. The van der Waals surface area contributed by atoms with Crippen LogP contribution in [0.5, 0.6) is 0 Å². The van der Waals surface area contributed by atoms with Crippen LogP contribution < -0.4 is 0 Å². The zero-order valence-electron chi connectivity index (χ0n) is 10.9. The van der Waals surface area contributed by atoms with Crippen LogP contribution in [0.4, 0.5) is 0 Å². The molecule has 0 N–H and O–H groups in total. The second-order valence-corrected chi connectivity index (χ2v) is 2.56. The Morgan fingerprint density at radius 2 is 0.800 bits per heavy atom. The Morgan fingerprint density at radius 1 is 0.733 bits per heavy atom. The van der Waals surface area contributed by atoms with Gasteiger partial charge in [-0.1, -0.05) is 40.0 Å². The third-order valence-electron chi connectivity index (χ3n) is 1.06. The molecule has 0 bridgehead atoms. The summed E-state index contributed by atoms with van der Waals surface area (Å²) in [6, 6.07) is 0. The molecule has 0 aliphatic heterocycles. The summed E-state index contributed by atoms with van der Waals surface area (Å²) < 4.78 is 0. The van der Waals surface area contributed by atoms with E-state index in [0.29, 0.717) is 0 Å². The molecule has 0 aromatic rings. The number of rotatable bonds is 3. The molecule has 0 aromatic heterocycles. The van der Waals surface area contributed by atoms with E-state index < -0.39 is 0 Å². The van der Waals surface area contributed by atoms with E-state index >= 15 is 0 Å². The third-order valence-corrected chi connectivity index (χ3v) is 1.06. The van der Waals surface area contributed by atoms with E-state index in [9.17, 15) is 0 Å². The molecule has 0 heterocycles. The van der Waals surface area contributed by atoms with Gasteiger partial charge in [-0.2, -0.15) is 19.3 Å². The van der Waals surface area contributed by atoms with Gasteiger partial charge in [0.1, 0.15) is 0 Å². The van der Waals surface area contributed by atoms with E-state index in [1.165, 1.54) is 19.3 Å². The van der Waals surface area contributed by atoms with Gasteiger partial charge in [0.05, 0.1) is 0 Å². The largest absolute Gasteiger partial charge is 0.521 e. The molecule has 1 radical (unpaired) electrons. The van der Waals surface area contributed by atoms with Gasteiger partial charge in [0.15, 0.2) is 0 Å². The van der Waals surface area contributed by atoms with Gasteiger partial charge in [-0.05, 0) is 0 Å². The molecule has 101 valence electrons.